The van der Waals surface area contributed by atoms with Crippen LogP contribution >= 0.6 is 35.7 Å². The number of unbranched alkanes of at least 4 members (excludes halogenated alkanes) is 1. The zero-order valence-electron chi connectivity index (χ0n) is 15.8. The van der Waals surface area contributed by atoms with Gasteiger partial charge in [0.15, 0.2) is 17.5 Å². The van der Waals surface area contributed by atoms with Crippen LogP contribution in [-0.4, -0.2) is 44.8 Å². The first-order valence-electron chi connectivity index (χ1n) is 8.55. The van der Waals surface area contributed by atoms with Gasteiger partial charge in [0.05, 0.1) is 20.3 Å². The normalized spacial score (nSPS) is 10.8. The van der Waals surface area contributed by atoms with Crippen molar-refractivity contribution >= 4 is 41.7 Å². The highest BCUT2D eigenvalue weighted by atomic mass is 127. The molecule has 25 heavy (non-hydrogen) atoms. The second-order valence-corrected chi connectivity index (χ2v) is 6.23. The fraction of sp³-hybridized carbons (Fsp3) is 0.611. The summed E-state index contributed by atoms with van der Waals surface area (Å²) in [6.45, 7) is 7.06. The monoisotopic (exact) mass is 481 g/mol. The zero-order valence-corrected chi connectivity index (χ0v) is 18.9. The molecule has 0 bridgehead atoms. The van der Waals surface area contributed by atoms with Crippen LogP contribution in [0.25, 0.3) is 0 Å². The Kier molecular flexibility index (Phi) is 14.9. The fourth-order valence-electron chi connectivity index (χ4n) is 2.18. The Labute approximate surface area is 173 Å². The lowest BCUT2D eigenvalue weighted by Gasteiger charge is -2.12. The van der Waals surface area contributed by atoms with Crippen molar-refractivity contribution < 1.29 is 9.47 Å². The lowest BCUT2D eigenvalue weighted by molar-refractivity contribution is 0.310. The van der Waals surface area contributed by atoms with Crippen molar-refractivity contribution in [2.75, 3.05) is 38.8 Å². The average Bonchev–Trinajstić information content (AvgIpc) is 2.60. The van der Waals surface area contributed by atoms with Gasteiger partial charge in [-0.25, -0.2) is 4.99 Å². The zero-order chi connectivity index (χ0) is 17.6. The van der Waals surface area contributed by atoms with Crippen LogP contribution in [0.15, 0.2) is 23.2 Å². The number of thioether (sulfide) groups is 1. The fourth-order valence-corrected chi connectivity index (χ4v) is 2.67. The third kappa shape index (κ3) is 10.0. The summed E-state index contributed by atoms with van der Waals surface area (Å²) in [7, 11) is 1.66. The molecule has 5 nitrogen and oxygen atoms in total. The van der Waals surface area contributed by atoms with Crippen molar-refractivity contribution in [1.29, 1.82) is 0 Å². The molecule has 0 fully saturated rings. The van der Waals surface area contributed by atoms with E-state index >= 15 is 0 Å². The molecule has 7 heteroatoms. The molecule has 0 aliphatic heterocycles. The van der Waals surface area contributed by atoms with Crippen molar-refractivity contribution in [3.05, 3.63) is 23.8 Å². The minimum atomic E-state index is 0. The molecule has 0 atom stereocenters. The van der Waals surface area contributed by atoms with Gasteiger partial charge in [-0.1, -0.05) is 6.07 Å². The van der Waals surface area contributed by atoms with Crippen molar-refractivity contribution in [2.24, 2.45) is 4.99 Å². The first kappa shape index (κ1) is 24.2. The van der Waals surface area contributed by atoms with Crippen LogP contribution < -0.4 is 20.1 Å². The molecular weight excluding hydrogens is 449 g/mol. The number of hydrogen-bond acceptors (Lipinski definition) is 4. The van der Waals surface area contributed by atoms with Crippen LogP contribution in [0.5, 0.6) is 11.5 Å². The Morgan fingerprint density at radius 1 is 1.16 bits per heavy atom. The molecule has 0 heterocycles. The van der Waals surface area contributed by atoms with Crippen LogP contribution in [0, 0.1) is 0 Å². The van der Waals surface area contributed by atoms with E-state index in [2.05, 4.69) is 28.8 Å². The molecular formula is C18H32IN3O2S. The van der Waals surface area contributed by atoms with Crippen LogP contribution in [0.1, 0.15) is 32.3 Å². The largest absolute Gasteiger partial charge is 0.493 e. The number of nitrogens with zero attached hydrogens (tertiary/aromatic N) is 1. The molecule has 0 spiro atoms. The smallest absolute Gasteiger partial charge is 0.191 e. The third-order valence-electron chi connectivity index (χ3n) is 3.36. The number of hydrogen-bond donors (Lipinski definition) is 2. The second-order valence-electron chi connectivity index (χ2n) is 5.24. The molecule has 1 aromatic carbocycles. The highest BCUT2D eigenvalue weighted by Crippen LogP contribution is 2.28. The Morgan fingerprint density at radius 2 is 1.96 bits per heavy atom. The Bertz CT molecular complexity index is 501. The van der Waals surface area contributed by atoms with Crippen molar-refractivity contribution in [3.63, 3.8) is 0 Å². The lowest BCUT2D eigenvalue weighted by atomic mass is 10.2. The topological polar surface area (TPSA) is 54.9 Å². The molecule has 144 valence electrons. The van der Waals surface area contributed by atoms with E-state index in [9.17, 15) is 0 Å². The highest BCUT2D eigenvalue weighted by molar-refractivity contribution is 14.0. The molecule has 0 saturated heterocycles. The summed E-state index contributed by atoms with van der Waals surface area (Å²) < 4.78 is 10.9. The average molecular weight is 481 g/mol. The van der Waals surface area contributed by atoms with Gasteiger partial charge in [-0.15, -0.1) is 24.0 Å². The minimum Gasteiger partial charge on any atom is -0.493 e. The summed E-state index contributed by atoms with van der Waals surface area (Å²) in [6.07, 6.45) is 4.52. The van der Waals surface area contributed by atoms with Gasteiger partial charge in [-0.05, 0) is 56.4 Å². The summed E-state index contributed by atoms with van der Waals surface area (Å²) in [5.74, 6) is 3.59. The summed E-state index contributed by atoms with van der Waals surface area (Å²) in [5, 5.41) is 6.67. The van der Waals surface area contributed by atoms with E-state index in [0.717, 1.165) is 42.5 Å². The van der Waals surface area contributed by atoms with E-state index in [1.54, 1.807) is 7.11 Å². The van der Waals surface area contributed by atoms with E-state index in [1.807, 2.05) is 36.9 Å². The van der Waals surface area contributed by atoms with Gasteiger partial charge in [-0.2, -0.15) is 11.8 Å². The van der Waals surface area contributed by atoms with Gasteiger partial charge < -0.3 is 20.1 Å². The molecule has 2 N–H and O–H groups in total. The lowest BCUT2D eigenvalue weighted by Crippen LogP contribution is -2.37. The second kappa shape index (κ2) is 15.4. The van der Waals surface area contributed by atoms with Gasteiger partial charge in [0.1, 0.15) is 0 Å². The Balaban J connectivity index is 0.00000576. The van der Waals surface area contributed by atoms with E-state index in [4.69, 9.17) is 9.47 Å². The number of aliphatic imine (C=N–C) groups is 1. The number of methoxy groups -OCH3 is 1. The quantitative estimate of drug-likeness (QED) is 0.217. The maximum Gasteiger partial charge on any atom is 0.191 e. The molecule has 1 rings (SSSR count). The van der Waals surface area contributed by atoms with Gasteiger partial charge in [0.2, 0.25) is 0 Å². The molecule has 0 aliphatic carbocycles. The summed E-state index contributed by atoms with van der Waals surface area (Å²) >= 11 is 1.89. The predicted molar refractivity (Wildman–Crippen MR) is 120 cm³/mol. The molecule has 0 amide bonds. The summed E-state index contributed by atoms with van der Waals surface area (Å²) in [6, 6.07) is 5.95. The first-order chi connectivity index (χ1) is 11.7. The van der Waals surface area contributed by atoms with Crippen LogP contribution in [0.3, 0.4) is 0 Å². The number of halogens is 1. The van der Waals surface area contributed by atoms with Gasteiger partial charge in [0, 0.05) is 13.1 Å². The summed E-state index contributed by atoms with van der Waals surface area (Å²) in [4.78, 5) is 4.65. The Morgan fingerprint density at radius 3 is 2.60 bits per heavy atom. The summed E-state index contributed by atoms with van der Waals surface area (Å²) in [5.41, 5.74) is 1.09. The van der Waals surface area contributed by atoms with Gasteiger partial charge in [0.25, 0.3) is 0 Å². The Hall–Kier alpha value is -0.830. The number of ether oxygens (including phenoxy) is 2. The SMILES string of the molecule is CCNC(=NCc1ccc(OCC)c(OC)c1)NCCCCSC.I. The molecule has 0 saturated carbocycles. The van der Waals surface area contributed by atoms with Gasteiger partial charge in [-0.3, -0.25) is 0 Å². The molecule has 0 unspecified atom stereocenters. The van der Waals surface area contributed by atoms with E-state index < -0.39 is 0 Å². The molecule has 1 aromatic rings. The van der Waals surface area contributed by atoms with Crippen molar-refractivity contribution in [3.8, 4) is 11.5 Å². The van der Waals surface area contributed by atoms with Crippen LogP contribution in [0.4, 0.5) is 0 Å². The van der Waals surface area contributed by atoms with E-state index in [-0.39, 0.29) is 24.0 Å². The maximum absolute atomic E-state index is 5.55. The molecule has 0 aliphatic rings. The minimum absolute atomic E-state index is 0. The molecule has 0 aromatic heterocycles. The standard InChI is InChI=1S/C18H31N3O2S.HI/c1-5-19-18(20-11-7-8-12-24-4)21-14-15-9-10-16(23-6-2)17(13-15)22-3;/h9-10,13H,5-8,11-12,14H2,1-4H3,(H2,19,20,21);1H. The number of benzene rings is 1. The highest BCUT2D eigenvalue weighted by Gasteiger charge is 2.05. The number of rotatable bonds is 11. The first-order valence-corrected chi connectivity index (χ1v) is 9.95. The van der Waals surface area contributed by atoms with Gasteiger partial charge >= 0.3 is 0 Å². The van der Waals surface area contributed by atoms with Crippen molar-refractivity contribution in [1.82, 2.24) is 10.6 Å². The van der Waals surface area contributed by atoms with Crippen LogP contribution in [0.2, 0.25) is 0 Å². The van der Waals surface area contributed by atoms with Crippen molar-refractivity contribution in [2.45, 2.75) is 33.2 Å². The number of nitrogens with one attached hydrogen (secondary N) is 2. The van der Waals surface area contributed by atoms with Crippen LogP contribution in [-0.2, 0) is 6.54 Å². The predicted octanol–water partition coefficient (Wildman–Crippen LogP) is 3.91. The maximum atomic E-state index is 5.55. The third-order valence-corrected chi connectivity index (χ3v) is 4.06. The number of guanidine groups is 1. The van der Waals surface area contributed by atoms with E-state index in [1.165, 1.54) is 12.2 Å². The van der Waals surface area contributed by atoms with E-state index in [0.29, 0.717) is 13.2 Å². The molecule has 0 radical (unpaired) electrons.